The Hall–Kier alpha value is -3.36. The minimum absolute atomic E-state index is 0.0668. The van der Waals surface area contributed by atoms with Gasteiger partial charge in [0, 0.05) is 30.9 Å². The van der Waals surface area contributed by atoms with Crippen molar-refractivity contribution in [1.82, 2.24) is 5.32 Å². The molecule has 2 aromatic carbocycles. The van der Waals surface area contributed by atoms with Crippen LogP contribution in [0.1, 0.15) is 40.5 Å². The van der Waals surface area contributed by atoms with Gasteiger partial charge in [-0.05, 0) is 92.9 Å². The average Bonchev–Trinajstić information content (AvgIpc) is 3.46. The summed E-state index contributed by atoms with van der Waals surface area (Å²) in [7, 11) is 0. The second kappa shape index (κ2) is 9.84. The normalized spacial score (nSPS) is 21.9. The fraction of sp³-hybridized carbons (Fsp3) is 0.379. The van der Waals surface area contributed by atoms with Crippen LogP contribution in [-0.2, 0) is 11.2 Å². The number of piperazine rings is 1. The fourth-order valence-corrected chi connectivity index (χ4v) is 5.99. The molecule has 1 aromatic heterocycles. The first-order valence-corrected chi connectivity index (χ1v) is 13.6. The fourth-order valence-electron chi connectivity index (χ4n) is 5.36. The highest BCUT2D eigenvalue weighted by atomic mass is 32.1. The van der Waals surface area contributed by atoms with E-state index >= 15 is 0 Å². The number of benzene rings is 2. The number of aromatic hydroxyl groups is 1. The minimum Gasteiger partial charge on any atom is -0.507 e. The zero-order valence-electron chi connectivity index (χ0n) is 21.8. The molecule has 0 amide bonds. The monoisotopic (exact) mass is 518 g/mol. The van der Waals surface area contributed by atoms with Gasteiger partial charge >= 0.3 is 0 Å². The van der Waals surface area contributed by atoms with Gasteiger partial charge in [0.05, 0.1) is 10.6 Å². The van der Waals surface area contributed by atoms with Crippen LogP contribution in [0, 0.1) is 20.8 Å². The lowest BCUT2D eigenvalue weighted by Crippen LogP contribution is -2.61. The minimum atomic E-state index is -0.949. The molecule has 8 heteroatoms. The quantitative estimate of drug-likeness (QED) is 0.339. The van der Waals surface area contributed by atoms with E-state index in [1.807, 2.05) is 69.5 Å². The molecule has 5 rings (SSSR count). The van der Waals surface area contributed by atoms with Crippen LogP contribution in [-0.4, -0.2) is 48.0 Å². The summed E-state index contributed by atoms with van der Waals surface area (Å²) in [5.74, 6) is 1.63. The Morgan fingerprint density at radius 1 is 1.19 bits per heavy atom. The number of phenolic OH excluding ortho intramolecular Hbond substituents is 1. The van der Waals surface area contributed by atoms with Crippen molar-refractivity contribution in [3.05, 3.63) is 68.9 Å². The van der Waals surface area contributed by atoms with Crippen LogP contribution in [0.2, 0.25) is 0 Å². The maximum Gasteiger partial charge on any atom is 0.199 e. The van der Waals surface area contributed by atoms with Gasteiger partial charge in [-0.1, -0.05) is 6.07 Å². The zero-order valence-corrected chi connectivity index (χ0v) is 22.6. The van der Waals surface area contributed by atoms with Crippen LogP contribution >= 0.6 is 11.3 Å². The summed E-state index contributed by atoms with van der Waals surface area (Å²) in [5, 5.41) is 15.9. The number of carbonyl (C=O) groups excluding carboxylic acids is 1. The zero-order chi connectivity index (χ0) is 26.3. The number of nitrogens with one attached hydrogen (secondary N) is 1. The van der Waals surface area contributed by atoms with Crippen LogP contribution in [0.15, 0.2) is 46.8 Å². The first kappa shape index (κ1) is 25.3. The van der Waals surface area contributed by atoms with Crippen molar-refractivity contribution in [2.45, 2.75) is 52.2 Å². The summed E-state index contributed by atoms with van der Waals surface area (Å²) in [4.78, 5) is 21.7. The van der Waals surface area contributed by atoms with Crippen molar-refractivity contribution in [3.8, 4) is 11.5 Å². The molecule has 37 heavy (non-hydrogen) atoms. The number of ketones is 1. The van der Waals surface area contributed by atoms with Gasteiger partial charge in [0.25, 0.3) is 0 Å². The Morgan fingerprint density at radius 3 is 2.65 bits per heavy atom. The van der Waals surface area contributed by atoms with Gasteiger partial charge in [-0.25, -0.2) is 4.99 Å². The van der Waals surface area contributed by atoms with Crippen LogP contribution < -0.4 is 20.7 Å². The maximum atomic E-state index is 14.1. The number of rotatable bonds is 5. The molecule has 2 atom stereocenters. The summed E-state index contributed by atoms with van der Waals surface area (Å²) in [6.45, 7) is 9.75. The molecular formula is C29H34N4O3S. The second-order valence-electron chi connectivity index (χ2n) is 10.1. The lowest BCUT2D eigenvalue weighted by molar-refractivity contribution is -0.136. The molecule has 1 saturated heterocycles. The Kier molecular flexibility index (Phi) is 6.72. The SMILES string of the molecule is Cc1c(C)c2c(c(C)c1O)CCC(C)(C(=O)[C@@H]1CNCCN1c1ccc(N=C(N)c3cccs3)cc1)O2. The third-order valence-corrected chi connectivity index (χ3v) is 8.68. The number of carbonyl (C=O) groups is 1. The van der Waals surface area contributed by atoms with Gasteiger partial charge in [0.15, 0.2) is 11.4 Å². The summed E-state index contributed by atoms with van der Waals surface area (Å²) in [6, 6.07) is 11.4. The summed E-state index contributed by atoms with van der Waals surface area (Å²) < 4.78 is 6.52. The van der Waals surface area contributed by atoms with Crippen molar-refractivity contribution >= 4 is 34.3 Å². The van der Waals surface area contributed by atoms with Crippen LogP contribution in [0.25, 0.3) is 0 Å². The molecule has 4 N–H and O–H groups in total. The summed E-state index contributed by atoms with van der Waals surface area (Å²) in [5.41, 5.74) is 10.5. The van der Waals surface area contributed by atoms with Gasteiger partial charge < -0.3 is 25.8 Å². The molecule has 2 aliphatic rings. The number of thiophene rings is 1. The molecule has 0 spiro atoms. The Bertz CT molecular complexity index is 1350. The molecule has 0 bridgehead atoms. The van der Waals surface area contributed by atoms with Crippen molar-refractivity contribution in [1.29, 1.82) is 0 Å². The molecule has 1 fully saturated rings. The number of fused-ring (bicyclic) bond motifs is 1. The first-order chi connectivity index (χ1) is 17.7. The van der Waals surface area contributed by atoms with E-state index < -0.39 is 5.60 Å². The molecule has 2 aliphatic heterocycles. The molecule has 194 valence electrons. The highest BCUT2D eigenvalue weighted by Gasteiger charge is 2.46. The number of hydrogen-bond acceptors (Lipinski definition) is 7. The Labute approximate surface area is 222 Å². The molecular weight excluding hydrogens is 484 g/mol. The van der Waals surface area contributed by atoms with Crippen molar-refractivity contribution in [2.24, 2.45) is 10.7 Å². The smallest absolute Gasteiger partial charge is 0.199 e. The summed E-state index contributed by atoms with van der Waals surface area (Å²) in [6.07, 6.45) is 1.26. The molecule has 0 aliphatic carbocycles. The van der Waals surface area contributed by atoms with Crippen LogP contribution in [0.5, 0.6) is 11.5 Å². The molecule has 0 saturated carbocycles. The van der Waals surface area contributed by atoms with Crippen LogP contribution in [0.3, 0.4) is 0 Å². The van der Waals surface area contributed by atoms with Gasteiger partial charge in [-0.3, -0.25) is 4.79 Å². The summed E-state index contributed by atoms with van der Waals surface area (Å²) >= 11 is 1.56. The number of aliphatic imine (C=N–C) groups is 1. The lowest BCUT2D eigenvalue weighted by atomic mass is 9.82. The van der Waals surface area contributed by atoms with E-state index in [1.165, 1.54) is 0 Å². The number of phenols is 1. The number of nitrogens with two attached hydrogens (primary N) is 1. The Balaban J connectivity index is 1.39. The highest BCUT2D eigenvalue weighted by Crippen LogP contribution is 2.44. The number of Topliss-reactive ketones (excluding diaryl/α,β-unsaturated/α-hetero) is 1. The van der Waals surface area contributed by atoms with Crippen molar-refractivity contribution in [3.63, 3.8) is 0 Å². The number of anilines is 1. The first-order valence-electron chi connectivity index (χ1n) is 12.7. The molecule has 1 unspecified atom stereocenters. The maximum absolute atomic E-state index is 14.1. The van der Waals surface area contributed by atoms with E-state index in [1.54, 1.807) is 11.3 Å². The number of ether oxygens (including phenoxy) is 1. The van der Waals surface area contributed by atoms with Gasteiger partial charge in [-0.15, -0.1) is 11.3 Å². The van der Waals surface area contributed by atoms with Crippen molar-refractivity contribution < 1.29 is 14.6 Å². The second-order valence-corrected chi connectivity index (χ2v) is 11.1. The van der Waals surface area contributed by atoms with Gasteiger partial charge in [0.1, 0.15) is 23.4 Å². The third kappa shape index (κ3) is 4.60. The molecule has 3 aromatic rings. The van der Waals surface area contributed by atoms with E-state index in [2.05, 4.69) is 15.2 Å². The van der Waals surface area contributed by atoms with E-state index in [0.717, 1.165) is 50.8 Å². The lowest BCUT2D eigenvalue weighted by Gasteiger charge is -2.43. The average molecular weight is 519 g/mol. The largest absolute Gasteiger partial charge is 0.507 e. The van der Waals surface area contributed by atoms with Crippen LogP contribution in [0.4, 0.5) is 11.4 Å². The molecule has 0 radical (unpaired) electrons. The van der Waals surface area contributed by atoms with E-state index in [4.69, 9.17) is 10.5 Å². The third-order valence-electron chi connectivity index (χ3n) is 7.79. The number of nitrogens with zero attached hydrogens (tertiary/aromatic N) is 2. The van der Waals surface area contributed by atoms with Gasteiger partial charge in [0.2, 0.25) is 0 Å². The van der Waals surface area contributed by atoms with E-state index in [-0.39, 0.29) is 11.8 Å². The highest BCUT2D eigenvalue weighted by molar-refractivity contribution is 7.12. The number of hydrogen-bond donors (Lipinski definition) is 3. The van der Waals surface area contributed by atoms with E-state index in [0.29, 0.717) is 37.5 Å². The predicted molar refractivity (Wildman–Crippen MR) is 150 cm³/mol. The van der Waals surface area contributed by atoms with Crippen molar-refractivity contribution in [2.75, 3.05) is 24.5 Å². The standard InChI is InChI=1S/C29H34N4O3S/c1-17-18(2)26-22(19(3)25(17)34)11-12-29(4,36-26)27(35)23-16-31-13-14-33(23)21-9-7-20(8-10-21)32-28(30)24-6-5-15-37-24/h5-10,15,23,31,34H,11-14,16H2,1-4H3,(H2,30,32)/t23-,29?/m0/s1. The Morgan fingerprint density at radius 2 is 1.95 bits per heavy atom. The number of amidine groups is 1. The van der Waals surface area contributed by atoms with Gasteiger partial charge in [-0.2, -0.15) is 0 Å². The molecule has 7 nitrogen and oxygen atoms in total. The van der Waals surface area contributed by atoms with E-state index in [9.17, 15) is 9.90 Å². The topological polar surface area (TPSA) is 100 Å². The molecule has 3 heterocycles. The predicted octanol–water partition coefficient (Wildman–Crippen LogP) is 4.55.